The van der Waals surface area contributed by atoms with E-state index in [0.29, 0.717) is 23.8 Å². The van der Waals surface area contributed by atoms with Gasteiger partial charge in [0.1, 0.15) is 11.8 Å². The molecule has 7 nitrogen and oxygen atoms in total. The van der Waals surface area contributed by atoms with E-state index in [1.54, 1.807) is 36.3 Å². The Kier molecular flexibility index (Phi) is 4.28. The van der Waals surface area contributed by atoms with Crippen molar-refractivity contribution in [2.75, 3.05) is 7.11 Å². The first kappa shape index (κ1) is 16.2. The molecule has 1 unspecified atom stereocenters. The molecular weight excluding hydrogens is 330 g/mol. The Balaban J connectivity index is 1.62. The topological polar surface area (TPSA) is 86.0 Å². The van der Waals surface area contributed by atoms with Crippen LogP contribution >= 0.6 is 0 Å². The molecule has 0 fully saturated rings. The minimum Gasteiger partial charge on any atom is -0.481 e. The molecular formula is C19H17N5O2. The third kappa shape index (κ3) is 3.12. The number of nitrogens with zero attached hydrogens (tertiary/aromatic N) is 5. The molecule has 26 heavy (non-hydrogen) atoms. The first-order valence-corrected chi connectivity index (χ1v) is 8.16. The quantitative estimate of drug-likeness (QED) is 0.596. The van der Waals surface area contributed by atoms with Gasteiger partial charge in [-0.3, -0.25) is 4.98 Å². The van der Waals surface area contributed by atoms with Gasteiger partial charge in [0.25, 0.3) is 0 Å². The van der Waals surface area contributed by atoms with Crippen molar-refractivity contribution in [3.63, 3.8) is 0 Å². The molecule has 0 amide bonds. The Morgan fingerprint density at radius 1 is 1.12 bits per heavy atom. The zero-order valence-corrected chi connectivity index (χ0v) is 14.1. The van der Waals surface area contributed by atoms with Gasteiger partial charge in [-0.15, -0.1) is 5.10 Å². The lowest BCUT2D eigenvalue weighted by Crippen LogP contribution is -2.04. The maximum Gasteiger partial charge on any atom is 0.218 e. The first-order valence-electron chi connectivity index (χ1n) is 8.16. The van der Waals surface area contributed by atoms with E-state index < -0.39 is 6.10 Å². The highest BCUT2D eigenvalue weighted by molar-refractivity contribution is 5.80. The number of rotatable bonds is 5. The number of pyridine rings is 2. The van der Waals surface area contributed by atoms with Crippen LogP contribution in [0.5, 0.6) is 5.88 Å². The number of hydrogen-bond donors (Lipinski definition) is 1. The molecule has 0 aliphatic heterocycles. The molecule has 0 aliphatic carbocycles. The van der Waals surface area contributed by atoms with Gasteiger partial charge in [0.2, 0.25) is 5.88 Å². The zero-order chi connectivity index (χ0) is 17.9. The van der Waals surface area contributed by atoms with E-state index in [1.807, 2.05) is 36.4 Å². The summed E-state index contributed by atoms with van der Waals surface area (Å²) in [7, 11) is 1.60. The molecule has 7 heteroatoms. The van der Waals surface area contributed by atoms with E-state index >= 15 is 0 Å². The predicted molar refractivity (Wildman–Crippen MR) is 95.7 cm³/mol. The Morgan fingerprint density at radius 2 is 1.96 bits per heavy atom. The van der Waals surface area contributed by atoms with Crippen molar-refractivity contribution in [3.05, 3.63) is 77.9 Å². The Hall–Kier alpha value is -3.32. The van der Waals surface area contributed by atoms with E-state index in [1.165, 1.54) is 0 Å². The second kappa shape index (κ2) is 6.89. The molecule has 0 spiro atoms. The molecule has 0 saturated heterocycles. The van der Waals surface area contributed by atoms with Crippen molar-refractivity contribution in [1.29, 1.82) is 0 Å². The minimum absolute atomic E-state index is 0.433. The molecule has 0 aliphatic rings. The molecule has 130 valence electrons. The van der Waals surface area contributed by atoms with Crippen molar-refractivity contribution in [1.82, 2.24) is 25.0 Å². The number of fused-ring (bicyclic) bond motifs is 1. The van der Waals surface area contributed by atoms with Crippen molar-refractivity contribution in [2.24, 2.45) is 0 Å². The second-order valence-corrected chi connectivity index (χ2v) is 5.85. The second-order valence-electron chi connectivity index (χ2n) is 5.85. The van der Waals surface area contributed by atoms with Crippen molar-refractivity contribution >= 4 is 10.9 Å². The van der Waals surface area contributed by atoms with Crippen LogP contribution in [0.2, 0.25) is 0 Å². The third-order valence-electron chi connectivity index (χ3n) is 4.09. The standard InChI is InChI=1S/C19H17N5O2/c1-26-19-14(10-13-6-2-3-7-15(13)21-19)11-24-12-17(22-23-24)18(25)16-8-4-5-9-20-16/h2-10,12,18,25H,11H2,1H3. The Morgan fingerprint density at radius 3 is 2.77 bits per heavy atom. The van der Waals surface area contributed by atoms with E-state index in [4.69, 9.17) is 4.74 Å². The summed E-state index contributed by atoms with van der Waals surface area (Å²) < 4.78 is 7.07. The minimum atomic E-state index is -0.915. The largest absolute Gasteiger partial charge is 0.481 e. The van der Waals surface area contributed by atoms with E-state index in [0.717, 1.165) is 16.5 Å². The van der Waals surface area contributed by atoms with Gasteiger partial charge in [0, 0.05) is 17.1 Å². The third-order valence-corrected chi connectivity index (χ3v) is 4.09. The molecule has 3 aromatic heterocycles. The maximum atomic E-state index is 10.4. The fourth-order valence-corrected chi connectivity index (χ4v) is 2.81. The number of para-hydroxylation sites is 1. The maximum absolute atomic E-state index is 10.4. The van der Waals surface area contributed by atoms with Crippen LogP contribution in [0.3, 0.4) is 0 Å². The number of ether oxygens (including phenoxy) is 1. The number of benzene rings is 1. The number of aromatic nitrogens is 5. The average molecular weight is 347 g/mol. The lowest BCUT2D eigenvalue weighted by atomic mass is 10.1. The van der Waals surface area contributed by atoms with Gasteiger partial charge in [0.05, 0.1) is 31.1 Å². The highest BCUT2D eigenvalue weighted by atomic mass is 16.5. The highest BCUT2D eigenvalue weighted by Crippen LogP contribution is 2.23. The number of hydrogen-bond acceptors (Lipinski definition) is 6. The summed E-state index contributed by atoms with van der Waals surface area (Å²) in [5.74, 6) is 0.547. The van der Waals surface area contributed by atoms with Crippen LogP contribution in [0.25, 0.3) is 10.9 Å². The van der Waals surface area contributed by atoms with Crippen LogP contribution in [0, 0.1) is 0 Å². The van der Waals surface area contributed by atoms with Gasteiger partial charge < -0.3 is 9.84 Å². The van der Waals surface area contributed by atoms with Crippen LogP contribution in [0.1, 0.15) is 23.1 Å². The lowest BCUT2D eigenvalue weighted by molar-refractivity contribution is 0.210. The Labute approximate surface area is 149 Å². The lowest BCUT2D eigenvalue weighted by Gasteiger charge is -2.09. The van der Waals surface area contributed by atoms with Gasteiger partial charge in [-0.1, -0.05) is 29.5 Å². The van der Waals surface area contributed by atoms with Crippen molar-refractivity contribution in [2.45, 2.75) is 12.6 Å². The van der Waals surface area contributed by atoms with Crippen molar-refractivity contribution < 1.29 is 9.84 Å². The summed E-state index contributed by atoms with van der Waals surface area (Å²) in [5, 5.41) is 19.6. The van der Waals surface area contributed by atoms with Gasteiger partial charge in [-0.2, -0.15) is 0 Å². The molecule has 3 heterocycles. The van der Waals surface area contributed by atoms with E-state index in [9.17, 15) is 5.11 Å². The molecule has 4 rings (SSSR count). The summed E-state index contributed by atoms with van der Waals surface area (Å²) in [6.07, 6.45) is 2.42. The summed E-state index contributed by atoms with van der Waals surface area (Å²) in [5.41, 5.74) is 2.73. The number of methoxy groups -OCH3 is 1. The molecule has 1 atom stereocenters. The molecule has 0 bridgehead atoms. The summed E-state index contributed by atoms with van der Waals surface area (Å²) in [4.78, 5) is 8.69. The molecule has 1 aromatic carbocycles. The van der Waals surface area contributed by atoms with Crippen LogP contribution in [0.15, 0.2) is 60.9 Å². The number of aliphatic hydroxyl groups excluding tert-OH is 1. The summed E-state index contributed by atoms with van der Waals surface area (Å²) in [6, 6.07) is 15.3. The number of aliphatic hydroxyl groups is 1. The smallest absolute Gasteiger partial charge is 0.218 e. The average Bonchev–Trinajstić information content (AvgIpc) is 3.16. The fourth-order valence-electron chi connectivity index (χ4n) is 2.81. The Bertz CT molecular complexity index is 1030. The van der Waals surface area contributed by atoms with Crippen LogP contribution in [-0.4, -0.2) is 37.2 Å². The fraction of sp³-hybridized carbons (Fsp3) is 0.158. The van der Waals surface area contributed by atoms with Crippen LogP contribution in [-0.2, 0) is 6.54 Å². The van der Waals surface area contributed by atoms with E-state index in [-0.39, 0.29) is 0 Å². The zero-order valence-electron chi connectivity index (χ0n) is 14.1. The van der Waals surface area contributed by atoms with Gasteiger partial charge in [-0.05, 0) is 24.3 Å². The van der Waals surface area contributed by atoms with Crippen LogP contribution < -0.4 is 4.74 Å². The molecule has 4 aromatic rings. The normalized spacial score (nSPS) is 12.2. The molecule has 1 N–H and O–H groups in total. The molecule has 0 saturated carbocycles. The van der Waals surface area contributed by atoms with Crippen molar-refractivity contribution in [3.8, 4) is 5.88 Å². The molecule has 0 radical (unpaired) electrons. The van der Waals surface area contributed by atoms with Gasteiger partial charge in [-0.25, -0.2) is 9.67 Å². The summed E-state index contributed by atoms with van der Waals surface area (Å²) >= 11 is 0. The first-order chi connectivity index (χ1) is 12.7. The highest BCUT2D eigenvalue weighted by Gasteiger charge is 2.16. The summed E-state index contributed by atoms with van der Waals surface area (Å²) in [6.45, 7) is 0.433. The monoisotopic (exact) mass is 347 g/mol. The van der Waals surface area contributed by atoms with E-state index in [2.05, 4.69) is 20.3 Å². The predicted octanol–water partition coefficient (Wildman–Crippen LogP) is 2.36. The van der Waals surface area contributed by atoms with Gasteiger partial charge >= 0.3 is 0 Å². The SMILES string of the molecule is COc1nc2ccccc2cc1Cn1cc(C(O)c2ccccn2)nn1. The van der Waals surface area contributed by atoms with Crippen LogP contribution in [0.4, 0.5) is 0 Å². The van der Waals surface area contributed by atoms with Gasteiger partial charge in [0.15, 0.2) is 0 Å².